The third-order valence-corrected chi connectivity index (χ3v) is 7.51. The van der Waals surface area contributed by atoms with E-state index in [1.807, 2.05) is 0 Å². The van der Waals surface area contributed by atoms with Crippen molar-refractivity contribution in [3.63, 3.8) is 0 Å². The molecule has 0 radical (unpaired) electrons. The summed E-state index contributed by atoms with van der Waals surface area (Å²) in [7, 11) is -11.7. The van der Waals surface area contributed by atoms with Gasteiger partial charge in [0.05, 0.1) is 0 Å². The molecule has 0 aliphatic carbocycles. The first-order valence-electron chi connectivity index (χ1n) is 6.01. The Bertz CT molecular complexity index is 737. The molecule has 0 fully saturated rings. The average molecular weight is 399 g/mol. The van der Waals surface area contributed by atoms with Gasteiger partial charge in [-0.15, -0.1) is 0 Å². The minimum Gasteiger partial charge on any atom is -0.388 e. The van der Waals surface area contributed by atoms with Crippen molar-refractivity contribution in [3.05, 3.63) is 29.8 Å². The van der Waals surface area contributed by atoms with Crippen LogP contribution in [-0.2, 0) is 26.1 Å². The quantitative estimate of drug-likeness (QED) is 0.770. The van der Waals surface area contributed by atoms with Crippen LogP contribution in [0, 0.1) is 0 Å². The number of nitrogens with one attached hydrogen (secondary N) is 1. The second-order valence-electron chi connectivity index (χ2n) is 4.56. The Labute approximate surface area is 133 Å². The minimum atomic E-state index is -6.62. The molecule has 5 nitrogen and oxygen atoms in total. The lowest BCUT2D eigenvalue weighted by molar-refractivity contribution is -0.0471. The fraction of sp³-hybridized carbons (Fsp3) is 0.455. The number of alkyl halides is 6. The second-order valence-corrected chi connectivity index (χ2v) is 9.10. The molecule has 0 saturated carbocycles. The van der Waals surface area contributed by atoms with Crippen molar-refractivity contribution in [1.29, 1.82) is 0 Å². The summed E-state index contributed by atoms with van der Waals surface area (Å²) in [6.45, 7) is 0. The predicted molar refractivity (Wildman–Crippen MR) is 73.4 cm³/mol. The first-order chi connectivity index (χ1) is 10.6. The lowest BCUT2D eigenvalue weighted by atomic mass is 10.1. The van der Waals surface area contributed by atoms with Crippen LogP contribution < -0.4 is 5.32 Å². The maximum Gasteiger partial charge on any atom is 0.498 e. The lowest BCUT2D eigenvalue weighted by Crippen LogP contribution is -2.46. The molecular weight excluding hydrogens is 388 g/mol. The van der Waals surface area contributed by atoms with Gasteiger partial charge in [-0.3, -0.25) is 0 Å². The van der Waals surface area contributed by atoms with Crippen LogP contribution in [0.1, 0.15) is 5.56 Å². The molecule has 0 aliphatic rings. The molecule has 1 rings (SSSR count). The van der Waals surface area contributed by atoms with E-state index in [1.165, 1.54) is 19.2 Å². The molecule has 1 aromatic rings. The summed E-state index contributed by atoms with van der Waals surface area (Å²) in [5.74, 6) is 0. The van der Waals surface area contributed by atoms with Gasteiger partial charge in [-0.25, -0.2) is 16.8 Å². The minimum absolute atomic E-state index is 0.320. The molecule has 138 valence electrons. The van der Waals surface area contributed by atoms with Crippen molar-refractivity contribution >= 4 is 25.4 Å². The molecule has 0 unspecified atom stereocenters. The number of hydrogen-bond donors (Lipinski definition) is 1. The van der Waals surface area contributed by atoms with Gasteiger partial charge in [0.25, 0.3) is 19.7 Å². The van der Waals surface area contributed by atoms with E-state index in [9.17, 15) is 43.2 Å². The molecule has 0 spiro atoms. The van der Waals surface area contributed by atoms with E-state index in [4.69, 9.17) is 0 Å². The largest absolute Gasteiger partial charge is 0.498 e. The van der Waals surface area contributed by atoms with Crippen molar-refractivity contribution in [2.24, 2.45) is 0 Å². The first-order valence-corrected chi connectivity index (χ1v) is 9.11. The SMILES string of the molecule is CNc1ccc(CC(S(=O)(=O)C(F)(F)F)S(=O)(=O)C(F)(F)F)cc1. The number of hydrogen-bond acceptors (Lipinski definition) is 5. The Hall–Kier alpha value is -1.50. The predicted octanol–water partition coefficient (Wildman–Crippen LogP) is 2.47. The fourth-order valence-electron chi connectivity index (χ4n) is 1.68. The van der Waals surface area contributed by atoms with Gasteiger partial charge in [-0.1, -0.05) is 12.1 Å². The number of benzene rings is 1. The molecule has 0 saturated heterocycles. The van der Waals surface area contributed by atoms with Crippen molar-refractivity contribution < 1.29 is 43.2 Å². The molecule has 1 N–H and O–H groups in total. The Balaban J connectivity index is 3.45. The van der Waals surface area contributed by atoms with Crippen molar-refractivity contribution in [2.75, 3.05) is 12.4 Å². The third kappa shape index (κ3) is 3.94. The van der Waals surface area contributed by atoms with Gasteiger partial charge in [0.1, 0.15) is 0 Å². The highest BCUT2D eigenvalue weighted by atomic mass is 32.3. The van der Waals surface area contributed by atoms with E-state index in [0.29, 0.717) is 5.69 Å². The maximum absolute atomic E-state index is 12.6. The van der Waals surface area contributed by atoms with Gasteiger partial charge < -0.3 is 5.32 Å². The van der Waals surface area contributed by atoms with Gasteiger partial charge in [-0.2, -0.15) is 26.3 Å². The zero-order valence-electron chi connectivity index (χ0n) is 11.8. The molecule has 0 aromatic heterocycles. The summed E-state index contributed by atoms with van der Waals surface area (Å²) < 4.78 is 117. The fourth-order valence-corrected chi connectivity index (χ4v) is 5.09. The Morgan fingerprint density at radius 1 is 0.875 bits per heavy atom. The first kappa shape index (κ1) is 20.5. The molecule has 0 amide bonds. The van der Waals surface area contributed by atoms with Gasteiger partial charge in [0.2, 0.25) is 0 Å². The summed E-state index contributed by atoms with van der Waals surface area (Å²) in [5, 5.41) is 2.62. The average Bonchev–Trinajstić information content (AvgIpc) is 2.42. The van der Waals surface area contributed by atoms with Crippen LogP contribution in [0.15, 0.2) is 24.3 Å². The number of anilines is 1. The van der Waals surface area contributed by atoms with Crippen LogP contribution in [-0.4, -0.2) is 39.5 Å². The van der Waals surface area contributed by atoms with Gasteiger partial charge >= 0.3 is 11.0 Å². The van der Waals surface area contributed by atoms with Gasteiger partial charge in [0.15, 0.2) is 4.58 Å². The molecule has 0 atom stereocenters. The molecule has 13 heteroatoms. The van der Waals surface area contributed by atoms with Crippen molar-refractivity contribution in [2.45, 2.75) is 22.0 Å². The summed E-state index contributed by atoms with van der Waals surface area (Å²) in [4.78, 5) is 0. The van der Waals surface area contributed by atoms with E-state index >= 15 is 0 Å². The summed E-state index contributed by atoms with van der Waals surface area (Å²) >= 11 is 0. The Morgan fingerprint density at radius 2 is 1.25 bits per heavy atom. The highest BCUT2D eigenvalue weighted by molar-refractivity contribution is 8.09. The summed E-state index contributed by atoms with van der Waals surface area (Å²) in [6, 6.07) is 4.53. The topological polar surface area (TPSA) is 80.3 Å². The summed E-state index contributed by atoms with van der Waals surface area (Å²) in [5.41, 5.74) is -12.2. The van der Waals surface area contributed by atoms with Crippen molar-refractivity contribution in [3.8, 4) is 0 Å². The van der Waals surface area contributed by atoms with E-state index in [2.05, 4.69) is 5.32 Å². The molecule has 1 aromatic carbocycles. The highest BCUT2D eigenvalue weighted by Crippen LogP contribution is 2.37. The maximum atomic E-state index is 12.6. The molecule has 24 heavy (non-hydrogen) atoms. The van der Waals surface area contributed by atoms with E-state index in [1.54, 1.807) is 0 Å². The highest BCUT2D eigenvalue weighted by Gasteiger charge is 2.62. The van der Waals surface area contributed by atoms with Crippen LogP contribution in [0.5, 0.6) is 0 Å². The third-order valence-electron chi connectivity index (χ3n) is 2.98. The van der Waals surface area contributed by atoms with E-state index < -0.39 is 41.7 Å². The Morgan fingerprint density at radius 3 is 1.54 bits per heavy atom. The van der Waals surface area contributed by atoms with Crippen LogP contribution >= 0.6 is 0 Å². The zero-order valence-corrected chi connectivity index (χ0v) is 13.4. The number of sulfone groups is 2. The normalized spacial score (nSPS) is 14.0. The summed E-state index contributed by atoms with van der Waals surface area (Å²) in [6.07, 6.45) is -1.49. The van der Waals surface area contributed by atoms with Crippen LogP contribution in [0.3, 0.4) is 0 Å². The van der Waals surface area contributed by atoms with Gasteiger partial charge in [-0.05, 0) is 17.7 Å². The second kappa shape index (κ2) is 6.43. The zero-order chi connectivity index (χ0) is 19.0. The molecule has 0 aliphatic heterocycles. The molecule has 0 bridgehead atoms. The monoisotopic (exact) mass is 399 g/mol. The van der Waals surface area contributed by atoms with Crippen molar-refractivity contribution in [1.82, 2.24) is 0 Å². The smallest absolute Gasteiger partial charge is 0.388 e. The molecule has 0 heterocycles. The van der Waals surface area contributed by atoms with Crippen LogP contribution in [0.2, 0.25) is 0 Å². The number of rotatable bonds is 5. The lowest BCUT2D eigenvalue weighted by Gasteiger charge is -2.21. The van der Waals surface area contributed by atoms with Gasteiger partial charge in [0, 0.05) is 19.2 Å². The van der Waals surface area contributed by atoms with Crippen LogP contribution in [0.4, 0.5) is 32.0 Å². The van der Waals surface area contributed by atoms with E-state index in [-0.39, 0.29) is 5.56 Å². The molecular formula is C11H11F6NO4S2. The standard InChI is InChI=1S/C11H11F6NO4S2/c1-18-8-4-2-7(3-5-8)6-9(23(19,20)10(12,13)14)24(21,22)11(15,16)17/h2-5,9,18H,6H2,1H3. The number of halogens is 6. The van der Waals surface area contributed by atoms with Crippen LogP contribution in [0.25, 0.3) is 0 Å². The Kier molecular flexibility index (Phi) is 5.50. The van der Waals surface area contributed by atoms with E-state index in [0.717, 1.165) is 12.1 Å².